The van der Waals surface area contributed by atoms with E-state index in [-0.39, 0.29) is 0 Å². The molecule has 0 spiro atoms. The van der Waals surface area contributed by atoms with Gasteiger partial charge in [0.2, 0.25) is 0 Å². The van der Waals surface area contributed by atoms with Gasteiger partial charge in [-0.1, -0.05) is 31.3 Å². The number of rotatable bonds is 4. The van der Waals surface area contributed by atoms with Crippen molar-refractivity contribution in [2.75, 3.05) is 11.9 Å². The number of thiocarbonyl (C=S) groups is 1. The van der Waals surface area contributed by atoms with Gasteiger partial charge in [-0.05, 0) is 30.4 Å². The Kier molecular flexibility index (Phi) is 2.91. The summed E-state index contributed by atoms with van der Waals surface area (Å²) >= 11 is 5.01. The molecule has 0 radical (unpaired) electrons. The molecule has 0 saturated heterocycles. The fourth-order valence-corrected chi connectivity index (χ4v) is 1.95. The van der Waals surface area contributed by atoms with Crippen LogP contribution < -0.4 is 11.1 Å². The second kappa shape index (κ2) is 4.19. The van der Waals surface area contributed by atoms with Gasteiger partial charge in [0.05, 0.1) is 0 Å². The zero-order chi connectivity index (χ0) is 10.8. The molecule has 1 saturated carbocycles. The average molecular weight is 220 g/mol. The van der Waals surface area contributed by atoms with E-state index < -0.39 is 0 Å². The van der Waals surface area contributed by atoms with Crippen molar-refractivity contribution in [3.63, 3.8) is 0 Å². The molecule has 1 aromatic rings. The van der Waals surface area contributed by atoms with E-state index >= 15 is 0 Å². The minimum absolute atomic E-state index is 0.460. The van der Waals surface area contributed by atoms with E-state index in [1.165, 1.54) is 6.42 Å². The van der Waals surface area contributed by atoms with Crippen molar-refractivity contribution >= 4 is 22.9 Å². The summed E-state index contributed by atoms with van der Waals surface area (Å²) < 4.78 is 0. The number of nitrogens with two attached hydrogens (primary N) is 1. The highest BCUT2D eigenvalue weighted by atomic mass is 32.1. The molecule has 2 rings (SSSR count). The van der Waals surface area contributed by atoms with Crippen molar-refractivity contribution in [2.24, 2.45) is 17.6 Å². The third kappa shape index (κ3) is 2.48. The maximum absolute atomic E-state index is 5.66. The van der Waals surface area contributed by atoms with E-state index in [1.54, 1.807) is 0 Å². The lowest BCUT2D eigenvalue weighted by Gasteiger charge is -2.10. The largest absolute Gasteiger partial charge is 0.389 e. The summed E-state index contributed by atoms with van der Waals surface area (Å²) in [6, 6.07) is 7.95. The molecule has 1 fully saturated rings. The normalized spacial score (nSPS) is 23.5. The van der Waals surface area contributed by atoms with Crippen molar-refractivity contribution in [1.82, 2.24) is 0 Å². The average Bonchev–Trinajstić information content (AvgIpc) is 2.92. The summed E-state index contributed by atoms with van der Waals surface area (Å²) in [5, 5.41) is 3.42. The Balaban J connectivity index is 2.03. The molecule has 0 bridgehead atoms. The van der Waals surface area contributed by atoms with Crippen LogP contribution in [0.5, 0.6) is 0 Å². The second-order valence-electron chi connectivity index (χ2n) is 4.26. The highest BCUT2D eigenvalue weighted by Gasteiger charge is 2.31. The van der Waals surface area contributed by atoms with Gasteiger partial charge in [-0.15, -0.1) is 0 Å². The Labute approximate surface area is 95.9 Å². The number of para-hydroxylation sites is 1. The Morgan fingerprint density at radius 3 is 2.80 bits per heavy atom. The molecule has 2 atom stereocenters. The molecule has 3 N–H and O–H groups in total. The fourth-order valence-electron chi connectivity index (χ4n) is 1.78. The lowest BCUT2D eigenvalue weighted by molar-refractivity contribution is 0.787. The first-order valence-electron chi connectivity index (χ1n) is 5.31. The van der Waals surface area contributed by atoms with Gasteiger partial charge in [0.25, 0.3) is 0 Å². The maximum Gasteiger partial charge on any atom is 0.106 e. The quantitative estimate of drug-likeness (QED) is 0.765. The summed E-state index contributed by atoms with van der Waals surface area (Å²) in [6.45, 7) is 3.31. The lowest BCUT2D eigenvalue weighted by atomic mass is 10.1. The zero-order valence-corrected chi connectivity index (χ0v) is 9.68. The van der Waals surface area contributed by atoms with E-state index in [0.29, 0.717) is 4.99 Å². The molecule has 0 amide bonds. The van der Waals surface area contributed by atoms with Gasteiger partial charge in [-0.25, -0.2) is 0 Å². The zero-order valence-electron chi connectivity index (χ0n) is 8.86. The molecule has 2 unspecified atom stereocenters. The molecule has 2 nitrogen and oxygen atoms in total. The van der Waals surface area contributed by atoms with Crippen LogP contribution in [-0.4, -0.2) is 11.5 Å². The van der Waals surface area contributed by atoms with Crippen LogP contribution in [0.25, 0.3) is 0 Å². The number of hydrogen-bond acceptors (Lipinski definition) is 2. The summed E-state index contributed by atoms with van der Waals surface area (Å²) in [5.74, 6) is 1.69. The maximum atomic E-state index is 5.66. The van der Waals surface area contributed by atoms with E-state index in [9.17, 15) is 0 Å². The molecule has 1 aromatic carbocycles. The van der Waals surface area contributed by atoms with Crippen LogP contribution in [-0.2, 0) is 0 Å². The van der Waals surface area contributed by atoms with Gasteiger partial charge in [-0.2, -0.15) is 0 Å². The Morgan fingerprint density at radius 1 is 1.53 bits per heavy atom. The highest BCUT2D eigenvalue weighted by molar-refractivity contribution is 7.80. The first-order chi connectivity index (χ1) is 7.18. The van der Waals surface area contributed by atoms with Gasteiger partial charge in [0.1, 0.15) is 4.99 Å². The molecular weight excluding hydrogens is 204 g/mol. The molecule has 3 heteroatoms. The minimum atomic E-state index is 0.460. The fraction of sp³-hybridized carbons (Fsp3) is 0.417. The predicted molar refractivity (Wildman–Crippen MR) is 68.1 cm³/mol. The lowest BCUT2D eigenvalue weighted by Crippen LogP contribution is -2.14. The Hall–Kier alpha value is -1.09. The van der Waals surface area contributed by atoms with Crippen LogP contribution in [0.4, 0.5) is 5.69 Å². The molecular formula is C12H16N2S. The van der Waals surface area contributed by atoms with Gasteiger partial charge < -0.3 is 11.1 Å². The van der Waals surface area contributed by atoms with Crippen molar-refractivity contribution in [3.8, 4) is 0 Å². The molecule has 15 heavy (non-hydrogen) atoms. The Bertz CT molecular complexity index is 376. The first kappa shape index (κ1) is 10.4. The van der Waals surface area contributed by atoms with E-state index in [4.69, 9.17) is 18.0 Å². The SMILES string of the molecule is CC1CC1CNc1ccccc1C(N)=S. The topological polar surface area (TPSA) is 38.0 Å². The summed E-state index contributed by atoms with van der Waals surface area (Å²) in [5.41, 5.74) is 7.66. The van der Waals surface area contributed by atoms with Gasteiger partial charge >= 0.3 is 0 Å². The molecule has 0 aliphatic heterocycles. The third-order valence-corrected chi connectivity index (χ3v) is 3.24. The summed E-state index contributed by atoms with van der Waals surface area (Å²) in [7, 11) is 0. The molecule has 0 aromatic heterocycles. The van der Waals surface area contributed by atoms with E-state index in [0.717, 1.165) is 29.6 Å². The number of hydrogen-bond donors (Lipinski definition) is 2. The second-order valence-corrected chi connectivity index (χ2v) is 4.70. The van der Waals surface area contributed by atoms with Crippen LogP contribution in [0, 0.1) is 11.8 Å². The van der Waals surface area contributed by atoms with Crippen LogP contribution in [0.1, 0.15) is 18.9 Å². The third-order valence-electron chi connectivity index (χ3n) is 3.02. The number of benzene rings is 1. The van der Waals surface area contributed by atoms with Crippen molar-refractivity contribution in [2.45, 2.75) is 13.3 Å². The van der Waals surface area contributed by atoms with Crippen LogP contribution in [0.15, 0.2) is 24.3 Å². The van der Waals surface area contributed by atoms with E-state index in [2.05, 4.69) is 12.2 Å². The smallest absolute Gasteiger partial charge is 0.106 e. The standard InChI is InChI=1S/C12H16N2S/c1-8-6-9(8)7-14-11-5-3-2-4-10(11)12(13)15/h2-5,8-9,14H,6-7H2,1H3,(H2,13,15). The summed E-state index contributed by atoms with van der Waals surface area (Å²) in [4.78, 5) is 0.460. The number of nitrogens with one attached hydrogen (secondary N) is 1. The highest BCUT2D eigenvalue weighted by Crippen LogP contribution is 2.37. The minimum Gasteiger partial charge on any atom is -0.389 e. The van der Waals surface area contributed by atoms with Gasteiger partial charge in [-0.3, -0.25) is 0 Å². The number of anilines is 1. The predicted octanol–water partition coefficient (Wildman–Crippen LogP) is 2.39. The van der Waals surface area contributed by atoms with E-state index in [1.807, 2.05) is 24.3 Å². The van der Waals surface area contributed by atoms with Crippen LogP contribution >= 0.6 is 12.2 Å². The molecule has 80 valence electrons. The van der Waals surface area contributed by atoms with Crippen LogP contribution in [0.2, 0.25) is 0 Å². The van der Waals surface area contributed by atoms with Crippen molar-refractivity contribution in [1.29, 1.82) is 0 Å². The first-order valence-corrected chi connectivity index (χ1v) is 5.72. The molecule has 1 aliphatic rings. The molecule has 1 aliphatic carbocycles. The van der Waals surface area contributed by atoms with Gasteiger partial charge in [0.15, 0.2) is 0 Å². The van der Waals surface area contributed by atoms with Crippen LogP contribution in [0.3, 0.4) is 0 Å². The monoisotopic (exact) mass is 220 g/mol. The van der Waals surface area contributed by atoms with Gasteiger partial charge in [0, 0.05) is 17.8 Å². The van der Waals surface area contributed by atoms with Crippen molar-refractivity contribution in [3.05, 3.63) is 29.8 Å². The van der Waals surface area contributed by atoms with Crippen molar-refractivity contribution < 1.29 is 0 Å². The molecule has 0 heterocycles. The Morgan fingerprint density at radius 2 is 2.20 bits per heavy atom. The summed E-state index contributed by atoms with van der Waals surface area (Å²) in [6.07, 6.45) is 1.34.